The molecule has 1 aromatic heterocycles. The monoisotopic (exact) mass is 300 g/mol. The van der Waals surface area contributed by atoms with E-state index in [-0.39, 0.29) is 17.3 Å². The van der Waals surface area contributed by atoms with Gasteiger partial charge < -0.3 is 5.32 Å². The van der Waals surface area contributed by atoms with Crippen LogP contribution in [0, 0.1) is 10.1 Å². The number of para-hydroxylation sites is 1. The Bertz CT molecular complexity index is 738. The highest BCUT2D eigenvalue weighted by Gasteiger charge is 2.27. The molecule has 0 fully saturated rings. The molecule has 1 unspecified atom stereocenters. The van der Waals surface area contributed by atoms with Gasteiger partial charge in [0.05, 0.1) is 17.2 Å². The molecule has 0 radical (unpaired) electrons. The van der Waals surface area contributed by atoms with Crippen molar-refractivity contribution < 1.29 is 9.72 Å². The quantitative estimate of drug-likeness (QED) is 0.694. The number of benzene rings is 1. The molecule has 1 aliphatic rings. The highest BCUT2D eigenvalue weighted by Crippen LogP contribution is 2.30. The van der Waals surface area contributed by atoms with Crippen molar-refractivity contribution >= 4 is 11.6 Å². The number of nitrogens with zero attached hydrogens (tertiary/aromatic N) is 3. The lowest BCUT2D eigenvalue weighted by molar-refractivity contribution is -0.385. The normalized spacial score (nSPS) is 16.9. The van der Waals surface area contributed by atoms with E-state index >= 15 is 0 Å². The first-order valence-corrected chi connectivity index (χ1v) is 7.13. The molecule has 1 aliphatic carbocycles. The van der Waals surface area contributed by atoms with E-state index in [1.54, 1.807) is 18.3 Å². The summed E-state index contributed by atoms with van der Waals surface area (Å²) < 4.78 is 1.82. The average molecular weight is 300 g/mol. The highest BCUT2D eigenvalue weighted by molar-refractivity contribution is 5.98. The van der Waals surface area contributed by atoms with Crippen molar-refractivity contribution in [3.8, 4) is 0 Å². The lowest BCUT2D eigenvalue weighted by Gasteiger charge is -2.23. The van der Waals surface area contributed by atoms with Gasteiger partial charge in [-0.15, -0.1) is 0 Å². The van der Waals surface area contributed by atoms with Gasteiger partial charge in [0.15, 0.2) is 0 Å². The largest absolute Gasteiger partial charge is 0.345 e. The van der Waals surface area contributed by atoms with E-state index in [4.69, 9.17) is 0 Å². The summed E-state index contributed by atoms with van der Waals surface area (Å²) in [7, 11) is 1.88. The number of hydrogen-bond donors (Lipinski definition) is 1. The fourth-order valence-corrected chi connectivity index (χ4v) is 2.92. The Kier molecular flexibility index (Phi) is 3.62. The van der Waals surface area contributed by atoms with Crippen LogP contribution in [-0.2, 0) is 13.5 Å². The Balaban J connectivity index is 1.86. The summed E-state index contributed by atoms with van der Waals surface area (Å²) in [5, 5.41) is 18.2. The van der Waals surface area contributed by atoms with Gasteiger partial charge in [0.25, 0.3) is 11.6 Å². The molecule has 1 heterocycles. The van der Waals surface area contributed by atoms with Crippen molar-refractivity contribution in [1.29, 1.82) is 0 Å². The van der Waals surface area contributed by atoms with E-state index in [2.05, 4.69) is 10.4 Å². The van der Waals surface area contributed by atoms with E-state index in [0.717, 1.165) is 30.5 Å². The number of amides is 1. The fourth-order valence-electron chi connectivity index (χ4n) is 2.92. The zero-order valence-corrected chi connectivity index (χ0v) is 12.2. The van der Waals surface area contributed by atoms with Crippen LogP contribution in [0.5, 0.6) is 0 Å². The lowest BCUT2D eigenvalue weighted by Crippen LogP contribution is -2.31. The second-order valence-electron chi connectivity index (χ2n) is 5.36. The van der Waals surface area contributed by atoms with Gasteiger partial charge in [-0.05, 0) is 25.3 Å². The Morgan fingerprint density at radius 1 is 1.45 bits per heavy atom. The average Bonchev–Trinajstić information content (AvgIpc) is 2.90. The minimum absolute atomic E-state index is 0.0866. The van der Waals surface area contributed by atoms with Crippen molar-refractivity contribution in [2.45, 2.75) is 25.3 Å². The number of hydrogen-bond acceptors (Lipinski definition) is 4. The van der Waals surface area contributed by atoms with Crippen LogP contribution in [0.3, 0.4) is 0 Å². The zero-order chi connectivity index (χ0) is 15.7. The maximum Gasteiger partial charge on any atom is 0.282 e. The number of rotatable bonds is 3. The van der Waals surface area contributed by atoms with Crippen LogP contribution in [-0.4, -0.2) is 20.6 Å². The van der Waals surface area contributed by atoms with E-state index in [9.17, 15) is 14.9 Å². The third-order valence-corrected chi connectivity index (χ3v) is 4.03. The molecule has 1 aromatic carbocycles. The summed E-state index contributed by atoms with van der Waals surface area (Å²) in [5.74, 6) is -0.422. The Hall–Kier alpha value is -2.70. The number of nitro groups is 1. The molecule has 0 saturated carbocycles. The Morgan fingerprint density at radius 2 is 2.23 bits per heavy atom. The van der Waals surface area contributed by atoms with Crippen molar-refractivity contribution in [2.24, 2.45) is 7.05 Å². The van der Waals surface area contributed by atoms with E-state index < -0.39 is 10.8 Å². The van der Waals surface area contributed by atoms with Crippen LogP contribution in [0.4, 0.5) is 5.69 Å². The first-order chi connectivity index (χ1) is 10.6. The Labute approximate surface area is 127 Å². The van der Waals surface area contributed by atoms with E-state index in [1.165, 1.54) is 12.1 Å². The standard InChI is InChI=1S/C15H16N4O3/c1-18-13-8-4-6-12(11(13)9-16-18)17-15(20)10-5-2-3-7-14(10)19(21)22/h2-3,5,7,9,12H,4,6,8H2,1H3,(H,17,20). The number of aromatic nitrogens is 2. The van der Waals surface area contributed by atoms with Crippen molar-refractivity contribution in [2.75, 3.05) is 0 Å². The van der Waals surface area contributed by atoms with Crippen LogP contribution in [0.1, 0.15) is 40.5 Å². The topological polar surface area (TPSA) is 90.1 Å². The first kappa shape index (κ1) is 14.2. The smallest absolute Gasteiger partial charge is 0.282 e. The minimum atomic E-state index is -0.536. The number of carbonyl (C=O) groups is 1. The summed E-state index contributed by atoms with van der Waals surface area (Å²) in [6, 6.07) is 5.84. The molecule has 7 heteroatoms. The molecule has 1 amide bonds. The van der Waals surface area contributed by atoms with Crippen LogP contribution < -0.4 is 5.32 Å². The van der Waals surface area contributed by atoms with Gasteiger partial charge in [0.1, 0.15) is 5.56 Å². The number of nitro benzene ring substituents is 1. The van der Waals surface area contributed by atoms with Gasteiger partial charge in [0.2, 0.25) is 0 Å². The molecule has 7 nitrogen and oxygen atoms in total. The molecular weight excluding hydrogens is 284 g/mol. The van der Waals surface area contributed by atoms with Gasteiger partial charge in [-0.25, -0.2) is 0 Å². The summed E-state index contributed by atoms with van der Waals surface area (Å²) in [6.45, 7) is 0. The molecule has 0 bridgehead atoms. The van der Waals surface area contributed by atoms with E-state index in [1.807, 2.05) is 11.7 Å². The SMILES string of the molecule is Cn1ncc2c1CCCC2NC(=O)c1ccccc1[N+](=O)[O-]. The molecular formula is C15H16N4O3. The summed E-state index contributed by atoms with van der Waals surface area (Å²) in [4.78, 5) is 22.9. The fraction of sp³-hybridized carbons (Fsp3) is 0.333. The number of nitrogens with one attached hydrogen (secondary N) is 1. The molecule has 2 aromatic rings. The molecule has 22 heavy (non-hydrogen) atoms. The second kappa shape index (κ2) is 5.59. The predicted molar refractivity (Wildman–Crippen MR) is 79.4 cm³/mol. The van der Waals surface area contributed by atoms with Gasteiger partial charge >= 0.3 is 0 Å². The molecule has 0 saturated heterocycles. The molecule has 0 aliphatic heterocycles. The highest BCUT2D eigenvalue weighted by atomic mass is 16.6. The number of fused-ring (bicyclic) bond motifs is 1. The lowest BCUT2D eigenvalue weighted by atomic mass is 9.92. The summed E-state index contributed by atoms with van der Waals surface area (Å²) in [5.41, 5.74) is 2.02. The van der Waals surface area contributed by atoms with Crippen molar-refractivity contribution in [3.63, 3.8) is 0 Å². The minimum Gasteiger partial charge on any atom is -0.345 e. The third kappa shape index (κ3) is 2.45. The van der Waals surface area contributed by atoms with Gasteiger partial charge in [0, 0.05) is 24.4 Å². The predicted octanol–water partition coefficient (Wildman–Crippen LogP) is 2.14. The van der Waals surface area contributed by atoms with Crippen LogP contribution in [0.15, 0.2) is 30.5 Å². The maximum atomic E-state index is 12.4. The Morgan fingerprint density at radius 3 is 3.00 bits per heavy atom. The van der Waals surface area contributed by atoms with E-state index in [0.29, 0.717) is 0 Å². The zero-order valence-electron chi connectivity index (χ0n) is 12.2. The molecule has 1 atom stereocenters. The van der Waals surface area contributed by atoms with Crippen LogP contribution >= 0.6 is 0 Å². The van der Waals surface area contributed by atoms with Crippen molar-refractivity contribution in [3.05, 3.63) is 57.4 Å². The molecule has 1 N–H and O–H groups in total. The van der Waals surface area contributed by atoms with Crippen molar-refractivity contribution in [1.82, 2.24) is 15.1 Å². The van der Waals surface area contributed by atoms with Gasteiger partial charge in [-0.2, -0.15) is 5.10 Å². The third-order valence-electron chi connectivity index (χ3n) is 4.03. The first-order valence-electron chi connectivity index (χ1n) is 7.13. The summed E-state index contributed by atoms with van der Waals surface area (Å²) >= 11 is 0. The number of carbonyl (C=O) groups excluding carboxylic acids is 1. The van der Waals surface area contributed by atoms with Gasteiger partial charge in [-0.3, -0.25) is 19.6 Å². The van der Waals surface area contributed by atoms with Gasteiger partial charge in [-0.1, -0.05) is 12.1 Å². The maximum absolute atomic E-state index is 12.4. The number of aryl methyl sites for hydroxylation is 1. The second-order valence-corrected chi connectivity index (χ2v) is 5.36. The van der Waals surface area contributed by atoms with Crippen LogP contribution in [0.2, 0.25) is 0 Å². The van der Waals surface area contributed by atoms with Crippen LogP contribution in [0.25, 0.3) is 0 Å². The summed E-state index contributed by atoms with van der Waals surface area (Å²) in [6.07, 6.45) is 4.46. The molecule has 114 valence electrons. The molecule has 3 rings (SSSR count). The molecule has 0 spiro atoms.